The molecule has 0 N–H and O–H groups in total. The third-order valence-corrected chi connectivity index (χ3v) is 9.37. The number of hydrogen-bond donors (Lipinski definition) is 0. The molecule has 2 aromatic carbocycles. The van der Waals surface area contributed by atoms with Crippen molar-refractivity contribution in [2.24, 2.45) is 0 Å². The number of nitro benzene ring substituents is 1. The molecule has 34 heavy (non-hydrogen) atoms. The van der Waals surface area contributed by atoms with Crippen molar-refractivity contribution in [1.29, 1.82) is 5.26 Å². The van der Waals surface area contributed by atoms with Crippen molar-refractivity contribution < 1.29 is 22.9 Å². The van der Waals surface area contributed by atoms with E-state index in [0.717, 1.165) is 21.3 Å². The first-order chi connectivity index (χ1) is 16.1. The zero-order valence-electron chi connectivity index (χ0n) is 17.0. The lowest BCUT2D eigenvalue weighted by Gasteiger charge is -2.34. The van der Waals surface area contributed by atoms with E-state index in [1.54, 1.807) is 6.07 Å². The average molecular weight is 614 g/mol. The van der Waals surface area contributed by atoms with Crippen LogP contribution in [0.5, 0.6) is 0 Å². The zero-order valence-corrected chi connectivity index (χ0v) is 20.7. The Bertz CT molecular complexity index is 1440. The lowest BCUT2D eigenvalue weighted by Crippen LogP contribution is -2.54. The highest BCUT2D eigenvalue weighted by molar-refractivity contribution is 14.1. The Labute approximate surface area is 211 Å². The summed E-state index contributed by atoms with van der Waals surface area (Å²) in [6.45, 7) is -0.0301. The van der Waals surface area contributed by atoms with Crippen LogP contribution in [0.1, 0.15) is 12.0 Å². The molecule has 3 amide bonds. The Balaban J connectivity index is 1.48. The van der Waals surface area contributed by atoms with Crippen LogP contribution in [0.4, 0.5) is 16.2 Å². The standard InChI is InChI=1S/C20H13ClIN5O6S/c21-14-4-3-13(7-16(14)27(30)31)34(32,33)24-9-12-6-17(24)18-19(28)26(20(29)25(12)18)11-2-1-10(8-23)15(22)5-11/h1-5,7,12,17-18H,6,9H2. The number of nitriles is 1. The maximum absolute atomic E-state index is 13.4. The number of carbonyl (C=O) groups is 2. The number of urea groups is 1. The highest BCUT2D eigenvalue weighted by Gasteiger charge is 2.64. The summed E-state index contributed by atoms with van der Waals surface area (Å²) in [5, 5.41) is 20.2. The second-order valence-corrected chi connectivity index (χ2v) is 11.4. The van der Waals surface area contributed by atoms with Gasteiger partial charge in [-0.25, -0.2) is 18.1 Å². The van der Waals surface area contributed by atoms with Gasteiger partial charge in [0.25, 0.3) is 11.6 Å². The van der Waals surface area contributed by atoms with Gasteiger partial charge in [-0.1, -0.05) is 11.6 Å². The number of imide groups is 1. The SMILES string of the molecule is N#Cc1ccc(N2C(=O)C3C4CC(CN4S(=O)(=O)c4ccc(Cl)c([N+](=O)[O-])c4)N3C2=O)cc1I. The van der Waals surface area contributed by atoms with E-state index in [-0.39, 0.29) is 22.9 Å². The summed E-state index contributed by atoms with van der Waals surface area (Å²) >= 11 is 7.75. The Morgan fingerprint density at radius 2 is 1.94 bits per heavy atom. The summed E-state index contributed by atoms with van der Waals surface area (Å²) in [5.74, 6) is -0.556. The molecule has 174 valence electrons. The molecule has 3 aliphatic heterocycles. The van der Waals surface area contributed by atoms with Crippen molar-refractivity contribution in [1.82, 2.24) is 9.21 Å². The molecule has 3 fully saturated rings. The van der Waals surface area contributed by atoms with Gasteiger partial charge in [0.2, 0.25) is 10.0 Å². The van der Waals surface area contributed by atoms with Crippen LogP contribution in [0.2, 0.25) is 5.02 Å². The number of anilines is 1. The van der Waals surface area contributed by atoms with E-state index in [0.29, 0.717) is 14.8 Å². The number of carbonyl (C=O) groups excluding carboxylic acids is 2. The number of sulfonamides is 1. The number of rotatable bonds is 4. The van der Waals surface area contributed by atoms with Crippen molar-refractivity contribution in [3.63, 3.8) is 0 Å². The van der Waals surface area contributed by atoms with Crippen LogP contribution < -0.4 is 4.90 Å². The van der Waals surface area contributed by atoms with Gasteiger partial charge in [0.15, 0.2) is 0 Å². The van der Waals surface area contributed by atoms with Crippen LogP contribution in [-0.2, 0) is 14.8 Å². The van der Waals surface area contributed by atoms with Crippen molar-refractivity contribution in [2.45, 2.75) is 29.4 Å². The maximum atomic E-state index is 13.4. The van der Waals surface area contributed by atoms with Gasteiger partial charge in [0.1, 0.15) is 17.1 Å². The van der Waals surface area contributed by atoms with Crippen LogP contribution in [0, 0.1) is 25.0 Å². The Kier molecular flexibility index (Phi) is 5.32. The maximum Gasteiger partial charge on any atom is 0.332 e. The molecular weight excluding hydrogens is 601 g/mol. The molecule has 0 radical (unpaired) electrons. The number of nitro groups is 1. The molecule has 0 aliphatic carbocycles. The van der Waals surface area contributed by atoms with Gasteiger partial charge < -0.3 is 4.90 Å². The molecule has 5 rings (SSSR count). The van der Waals surface area contributed by atoms with E-state index < -0.39 is 50.7 Å². The molecule has 0 spiro atoms. The first-order valence-corrected chi connectivity index (χ1v) is 12.8. The van der Waals surface area contributed by atoms with Crippen LogP contribution in [0.15, 0.2) is 41.3 Å². The highest BCUT2D eigenvalue weighted by atomic mass is 127. The molecule has 3 unspecified atom stereocenters. The largest absolute Gasteiger partial charge is 0.332 e. The van der Waals surface area contributed by atoms with Crippen molar-refractivity contribution >= 4 is 67.5 Å². The summed E-state index contributed by atoms with van der Waals surface area (Å²) < 4.78 is 28.4. The number of benzene rings is 2. The predicted molar refractivity (Wildman–Crippen MR) is 127 cm³/mol. The van der Waals surface area contributed by atoms with Gasteiger partial charge in [-0.05, 0) is 59.3 Å². The highest BCUT2D eigenvalue weighted by Crippen LogP contribution is 2.45. The summed E-state index contributed by atoms with van der Waals surface area (Å²) in [7, 11) is -4.20. The average Bonchev–Trinajstić information content (AvgIpc) is 3.45. The summed E-state index contributed by atoms with van der Waals surface area (Å²) in [6.07, 6.45) is 0.288. The minimum atomic E-state index is -4.20. The van der Waals surface area contributed by atoms with E-state index >= 15 is 0 Å². The Hall–Kier alpha value is -2.80. The van der Waals surface area contributed by atoms with Crippen LogP contribution >= 0.6 is 34.2 Å². The number of amides is 3. The van der Waals surface area contributed by atoms with E-state index in [4.69, 9.17) is 16.9 Å². The fourth-order valence-electron chi connectivity index (χ4n) is 4.79. The van der Waals surface area contributed by atoms with Crippen molar-refractivity contribution in [2.75, 3.05) is 11.4 Å². The molecule has 3 aliphatic rings. The Morgan fingerprint density at radius 1 is 1.21 bits per heavy atom. The normalized spacial score (nSPS) is 24.0. The molecule has 3 saturated heterocycles. The number of nitrogens with zero attached hydrogens (tertiary/aromatic N) is 5. The summed E-state index contributed by atoms with van der Waals surface area (Å²) in [5.41, 5.74) is 0.163. The smallest absolute Gasteiger partial charge is 0.306 e. The predicted octanol–water partition coefficient (Wildman–Crippen LogP) is 2.71. The molecule has 0 aromatic heterocycles. The first-order valence-electron chi connectivity index (χ1n) is 9.88. The third-order valence-electron chi connectivity index (χ3n) is 6.27. The van der Waals surface area contributed by atoms with Gasteiger partial charge >= 0.3 is 6.03 Å². The van der Waals surface area contributed by atoms with E-state index in [9.17, 15) is 28.1 Å². The fraction of sp³-hybridized carbons (Fsp3) is 0.250. The van der Waals surface area contributed by atoms with Gasteiger partial charge in [-0.3, -0.25) is 14.9 Å². The second-order valence-electron chi connectivity index (χ2n) is 7.99. The topological polar surface area (TPSA) is 145 Å². The van der Waals surface area contributed by atoms with Crippen LogP contribution in [0.25, 0.3) is 0 Å². The number of hydrogen-bond acceptors (Lipinski definition) is 7. The van der Waals surface area contributed by atoms with Gasteiger partial charge in [0.05, 0.1) is 27.1 Å². The van der Waals surface area contributed by atoms with Crippen molar-refractivity contribution in [3.8, 4) is 6.07 Å². The quantitative estimate of drug-likeness (QED) is 0.223. The molecule has 14 heteroatoms. The molecule has 2 bridgehead atoms. The number of fused-ring (bicyclic) bond motifs is 5. The minimum absolute atomic E-state index is 0.0301. The lowest BCUT2D eigenvalue weighted by molar-refractivity contribution is -0.384. The van der Waals surface area contributed by atoms with Gasteiger partial charge in [-0.15, -0.1) is 0 Å². The molecular formula is C20H13ClIN5O6S. The van der Waals surface area contributed by atoms with E-state index in [1.807, 2.05) is 28.7 Å². The van der Waals surface area contributed by atoms with Crippen molar-refractivity contribution in [3.05, 3.63) is 60.7 Å². The van der Waals surface area contributed by atoms with Crippen LogP contribution in [-0.4, -0.2) is 59.2 Å². The number of piperazine rings is 1. The van der Waals surface area contributed by atoms with E-state index in [1.165, 1.54) is 23.1 Å². The fourth-order valence-corrected chi connectivity index (χ4v) is 7.29. The molecule has 2 aromatic rings. The van der Waals surface area contributed by atoms with E-state index in [2.05, 4.69) is 0 Å². The lowest BCUT2D eigenvalue weighted by atomic mass is 10.1. The molecule has 3 heterocycles. The van der Waals surface area contributed by atoms with Gasteiger partial charge in [0, 0.05) is 22.2 Å². The Morgan fingerprint density at radius 3 is 2.59 bits per heavy atom. The van der Waals surface area contributed by atoms with Crippen LogP contribution in [0.3, 0.4) is 0 Å². The monoisotopic (exact) mass is 613 g/mol. The third kappa shape index (κ3) is 3.20. The zero-order chi connectivity index (χ0) is 24.5. The first kappa shape index (κ1) is 23.0. The number of halogens is 2. The summed E-state index contributed by atoms with van der Waals surface area (Å²) in [4.78, 5) is 39.0. The van der Waals surface area contributed by atoms with Gasteiger partial charge in [-0.2, -0.15) is 9.57 Å². The summed E-state index contributed by atoms with van der Waals surface area (Å²) in [6, 6.07) is 6.96. The molecule has 11 nitrogen and oxygen atoms in total. The second kappa shape index (κ2) is 7.87. The molecule has 3 atom stereocenters. The molecule has 0 saturated carbocycles. The minimum Gasteiger partial charge on any atom is -0.306 e.